The second kappa shape index (κ2) is 8.32. The highest BCUT2D eigenvalue weighted by Gasteiger charge is 2.75. The third kappa shape index (κ3) is 2.98. The Morgan fingerprint density at radius 1 is 0.579 bits per heavy atom. The highest BCUT2D eigenvalue weighted by molar-refractivity contribution is 9.10. The third-order valence-corrected chi connectivity index (χ3v) is 9.66. The van der Waals surface area contributed by atoms with Gasteiger partial charge in [0.15, 0.2) is 0 Å². The summed E-state index contributed by atoms with van der Waals surface area (Å²) in [5.74, 6) is -4.92. The zero-order valence-corrected chi connectivity index (χ0v) is 23.0. The molecule has 0 spiro atoms. The Bertz CT molecular complexity index is 1460. The van der Waals surface area contributed by atoms with Gasteiger partial charge < -0.3 is 0 Å². The highest BCUT2D eigenvalue weighted by atomic mass is 79.9. The zero-order chi connectivity index (χ0) is 26.3. The molecule has 4 amide bonds. The Labute approximate surface area is 235 Å². The molecular formula is C30H20Br2N2O4. The van der Waals surface area contributed by atoms with E-state index in [9.17, 15) is 19.2 Å². The minimum Gasteiger partial charge on any atom is -0.274 e. The molecule has 3 aliphatic carbocycles. The lowest BCUT2D eigenvalue weighted by Crippen LogP contribution is -2.60. The molecule has 2 heterocycles. The van der Waals surface area contributed by atoms with E-state index >= 15 is 0 Å². The molecule has 188 valence electrons. The second-order valence-corrected chi connectivity index (χ2v) is 12.1. The molecule has 1 saturated carbocycles. The van der Waals surface area contributed by atoms with Gasteiger partial charge in [0, 0.05) is 20.3 Å². The lowest BCUT2D eigenvalue weighted by atomic mass is 9.45. The van der Waals surface area contributed by atoms with Crippen molar-refractivity contribution in [3.63, 3.8) is 0 Å². The van der Waals surface area contributed by atoms with Crippen molar-refractivity contribution in [1.29, 1.82) is 0 Å². The van der Waals surface area contributed by atoms with Crippen LogP contribution in [0.5, 0.6) is 0 Å². The topological polar surface area (TPSA) is 74.8 Å². The molecule has 0 N–H and O–H groups in total. The number of hydrogen-bond acceptors (Lipinski definition) is 4. The van der Waals surface area contributed by atoms with Gasteiger partial charge in [0.1, 0.15) is 0 Å². The number of hydrogen-bond donors (Lipinski definition) is 0. The largest absolute Gasteiger partial charge is 0.274 e. The molecular weight excluding hydrogens is 612 g/mol. The zero-order valence-electron chi connectivity index (χ0n) is 19.8. The number of imide groups is 2. The van der Waals surface area contributed by atoms with Crippen LogP contribution in [0.4, 0.5) is 11.4 Å². The Morgan fingerprint density at radius 3 is 1.47 bits per heavy atom. The van der Waals surface area contributed by atoms with Crippen molar-refractivity contribution < 1.29 is 19.2 Å². The van der Waals surface area contributed by atoms with Crippen LogP contribution in [-0.4, -0.2) is 23.6 Å². The van der Waals surface area contributed by atoms with Gasteiger partial charge in [-0.15, -0.1) is 0 Å². The van der Waals surface area contributed by atoms with Crippen LogP contribution in [0.3, 0.4) is 0 Å². The molecule has 2 unspecified atom stereocenters. The monoisotopic (exact) mass is 630 g/mol. The molecule has 38 heavy (non-hydrogen) atoms. The summed E-state index contributed by atoms with van der Waals surface area (Å²) in [5, 5.41) is 0. The van der Waals surface area contributed by atoms with Gasteiger partial charge >= 0.3 is 0 Å². The average Bonchev–Trinajstić information content (AvgIpc) is 3.37. The van der Waals surface area contributed by atoms with Gasteiger partial charge in [0.2, 0.25) is 23.6 Å². The SMILES string of the molecule is O=C1[C@@H]2C3C=CC(c4ccccc4)([C@@H]4C(=O)N(c5ccc(Br)cc5)C(=O)[C@@H]34)[C@H]2C(=O)N1c1ccc(Br)cc1. The first kappa shape index (κ1) is 23.7. The van der Waals surface area contributed by atoms with Gasteiger partial charge in [-0.3, -0.25) is 19.2 Å². The van der Waals surface area contributed by atoms with E-state index in [1.807, 2.05) is 42.5 Å². The minimum atomic E-state index is -1.13. The van der Waals surface area contributed by atoms with Gasteiger partial charge in [0.25, 0.3) is 0 Å². The van der Waals surface area contributed by atoms with Crippen molar-refractivity contribution in [2.45, 2.75) is 5.41 Å². The molecule has 0 radical (unpaired) electrons. The van der Waals surface area contributed by atoms with Crippen molar-refractivity contribution in [3.8, 4) is 0 Å². The highest BCUT2D eigenvalue weighted by Crippen LogP contribution is 2.65. The van der Waals surface area contributed by atoms with Crippen LogP contribution in [-0.2, 0) is 24.6 Å². The summed E-state index contributed by atoms with van der Waals surface area (Å²) in [4.78, 5) is 59.0. The fourth-order valence-electron chi connectivity index (χ4n) is 7.17. The van der Waals surface area contributed by atoms with Gasteiger partial charge in [-0.2, -0.15) is 0 Å². The van der Waals surface area contributed by atoms with Crippen LogP contribution in [0.2, 0.25) is 0 Å². The first-order chi connectivity index (χ1) is 18.3. The van der Waals surface area contributed by atoms with Crippen LogP contribution in [0, 0.1) is 29.6 Å². The Hall–Kier alpha value is -3.36. The van der Waals surface area contributed by atoms with Crippen molar-refractivity contribution in [1.82, 2.24) is 0 Å². The standard InChI is InChI=1S/C30H20Br2N2O4/c31-17-6-10-19(11-7-17)33-26(35)22-21-14-15-30(24(22)28(33)37,16-4-2-1-3-5-16)25-23(21)27(36)34(29(25)38)20-12-8-18(32)9-13-20/h1-15,21-25H/t21?,22-,23+,24-,25+,30?. The number of rotatable bonds is 3. The average molecular weight is 632 g/mol. The fraction of sp³-hybridized carbons (Fsp3) is 0.200. The number of carbonyl (C=O) groups excluding carboxylic acids is 4. The summed E-state index contributed by atoms with van der Waals surface area (Å²) in [7, 11) is 0. The minimum absolute atomic E-state index is 0.322. The van der Waals surface area contributed by atoms with Crippen LogP contribution in [0.15, 0.2) is 100.0 Å². The van der Waals surface area contributed by atoms with E-state index in [-0.39, 0.29) is 23.6 Å². The number of allylic oxidation sites excluding steroid dienone is 2. The first-order valence-electron chi connectivity index (χ1n) is 12.4. The molecule has 0 aromatic heterocycles. The van der Waals surface area contributed by atoms with E-state index in [0.717, 1.165) is 14.5 Å². The Balaban J connectivity index is 1.42. The van der Waals surface area contributed by atoms with E-state index in [1.54, 1.807) is 48.5 Å². The lowest BCUT2D eigenvalue weighted by molar-refractivity contribution is -0.140. The number of amides is 4. The van der Waals surface area contributed by atoms with E-state index in [1.165, 1.54) is 9.80 Å². The predicted octanol–water partition coefficient (Wildman–Crippen LogP) is 5.26. The van der Waals surface area contributed by atoms with Crippen LogP contribution in [0.1, 0.15) is 5.56 Å². The van der Waals surface area contributed by atoms with Crippen molar-refractivity contribution in [2.24, 2.45) is 29.6 Å². The Morgan fingerprint density at radius 2 is 1.03 bits per heavy atom. The molecule has 2 bridgehead atoms. The van der Waals surface area contributed by atoms with Crippen molar-refractivity contribution in [3.05, 3.63) is 106 Å². The molecule has 8 rings (SSSR count). The number of carbonyl (C=O) groups is 4. The van der Waals surface area contributed by atoms with Crippen LogP contribution in [0.25, 0.3) is 0 Å². The maximum Gasteiger partial charge on any atom is 0.238 e. The number of nitrogens with zero attached hydrogens (tertiary/aromatic N) is 2. The smallest absolute Gasteiger partial charge is 0.238 e. The molecule has 3 aromatic rings. The quantitative estimate of drug-likeness (QED) is 0.292. The van der Waals surface area contributed by atoms with Crippen LogP contribution < -0.4 is 9.80 Å². The molecule has 3 aromatic carbocycles. The molecule has 3 fully saturated rings. The number of halogens is 2. The van der Waals surface area contributed by atoms with E-state index in [4.69, 9.17) is 0 Å². The molecule has 5 aliphatic rings. The predicted molar refractivity (Wildman–Crippen MR) is 148 cm³/mol. The number of benzene rings is 3. The maximum absolute atomic E-state index is 14.2. The first-order valence-corrected chi connectivity index (χ1v) is 13.9. The van der Waals surface area contributed by atoms with Crippen LogP contribution >= 0.6 is 31.9 Å². The summed E-state index contributed by atoms with van der Waals surface area (Å²) in [6.07, 6.45) is 3.84. The van der Waals surface area contributed by atoms with Gasteiger partial charge in [-0.1, -0.05) is 74.3 Å². The lowest BCUT2D eigenvalue weighted by Gasteiger charge is -2.53. The molecule has 2 saturated heterocycles. The second-order valence-electron chi connectivity index (χ2n) is 10.2. The molecule has 6 atom stereocenters. The summed E-state index contributed by atoms with van der Waals surface area (Å²) < 4.78 is 1.66. The van der Waals surface area contributed by atoms with E-state index in [0.29, 0.717) is 11.4 Å². The van der Waals surface area contributed by atoms with E-state index < -0.39 is 35.0 Å². The van der Waals surface area contributed by atoms with Crippen molar-refractivity contribution in [2.75, 3.05) is 9.80 Å². The Kier molecular flexibility index (Phi) is 5.20. The summed E-state index contributed by atoms with van der Waals surface area (Å²) in [6.45, 7) is 0. The van der Waals surface area contributed by atoms with Gasteiger partial charge in [-0.25, -0.2) is 9.80 Å². The normalized spacial score (nSPS) is 31.3. The maximum atomic E-state index is 14.2. The fourth-order valence-corrected chi connectivity index (χ4v) is 7.70. The third-order valence-electron chi connectivity index (χ3n) is 8.60. The molecule has 8 heteroatoms. The summed E-state index contributed by atoms with van der Waals surface area (Å²) >= 11 is 6.82. The number of anilines is 2. The van der Waals surface area contributed by atoms with Gasteiger partial charge in [-0.05, 0) is 54.1 Å². The van der Waals surface area contributed by atoms with Crippen molar-refractivity contribution >= 4 is 66.9 Å². The summed E-state index contributed by atoms with van der Waals surface area (Å²) in [5.41, 5.74) is 0.607. The molecule has 2 aliphatic heterocycles. The summed E-state index contributed by atoms with van der Waals surface area (Å²) in [6, 6.07) is 23.5. The van der Waals surface area contributed by atoms with Gasteiger partial charge in [0.05, 0.1) is 35.0 Å². The van der Waals surface area contributed by atoms with E-state index in [2.05, 4.69) is 31.9 Å². The molecule has 6 nitrogen and oxygen atoms in total.